The molecule has 0 aromatic carbocycles. The van der Waals surface area contributed by atoms with Crippen LogP contribution >= 0.6 is 0 Å². The molecule has 1 heteroatoms. The Morgan fingerprint density at radius 2 is 1.32 bits per heavy atom. The molecular formula is C21H43N. The third-order valence-electron chi connectivity index (χ3n) is 5.40. The van der Waals surface area contributed by atoms with Gasteiger partial charge in [-0.05, 0) is 44.7 Å². The fraction of sp³-hybridized carbons (Fsp3) is 1.00. The Balaban J connectivity index is 1.96. The van der Waals surface area contributed by atoms with Gasteiger partial charge >= 0.3 is 0 Å². The molecule has 0 radical (unpaired) electrons. The van der Waals surface area contributed by atoms with Crippen LogP contribution in [-0.4, -0.2) is 24.5 Å². The van der Waals surface area contributed by atoms with E-state index in [9.17, 15) is 0 Å². The van der Waals surface area contributed by atoms with Crippen molar-refractivity contribution in [1.29, 1.82) is 0 Å². The molecule has 1 aliphatic heterocycles. The number of likely N-dealkylation sites (tertiary alicyclic amines) is 1. The summed E-state index contributed by atoms with van der Waals surface area (Å²) in [4.78, 5) is 2.77. The monoisotopic (exact) mass is 309 g/mol. The summed E-state index contributed by atoms with van der Waals surface area (Å²) in [5.74, 6) is 1.01. The van der Waals surface area contributed by atoms with Gasteiger partial charge in [0.05, 0.1) is 0 Å². The Morgan fingerprint density at radius 3 is 2.00 bits per heavy atom. The van der Waals surface area contributed by atoms with E-state index in [-0.39, 0.29) is 0 Å². The zero-order valence-corrected chi connectivity index (χ0v) is 15.8. The molecule has 1 aliphatic rings. The lowest BCUT2D eigenvalue weighted by Crippen LogP contribution is -2.36. The lowest BCUT2D eigenvalue weighted by molar-refractivity contribution is 0.163. The predicted molar refractivity (Wildman–Crippen MR) is 101 cm³/mol. The summed E-state index contributed by atoms with van der Waals surface area (Å²) in [5, 5.41) is 0. The highest BCUT2D eigenvalue weighted by Gasteiger charge is 2.18. The lowest BCUT2D eigenvalue weighted by Gasteiger charge is -2.32. The first kappa shape index (κ1) is 20.0. The van der Waals surface area contributed by atoms with Crippen LogP contribution < -0.4 is 0 Å². The van der Waals surface area contributed by atoms with Gasteiger partial charge < -0.3 is 4.90 Å². The molecule has 22 heavy (non-hydrogen) atoms. The normalized spacial score (nSPS) is 19.6. The molecule has 0 aromatic heterocycles. The zero-order valence-electron chi connectivity index (χ0n) is 15.8. The van der Waals surface area contributed by atoms with Crippen molar-refractivity contribution in [1.82, 2.24) is 4.90 Å². The average Bonchev–Trinajstić information content (AvgIpc) is 2.54. The van der Waals surface area contributed by atoms with Gasteiger partial charge in [-0.2, -0.15) is 0 Å². The minimum Gasteiger partial charge on any atom is -0.303 e. The van der Waals surface area contributed by atoms with E-state index in [1.807, 2.05) is 0 Å². The van der Waals surface area contributed by atoms with Crippen molar-refractivity contribution in [3.63, 3.8) is 0 Å². The van der Waals surface area contributed by atoms with Crippen LogP contribution in [0.1, 0.15) is 110 Å². The van der Waals surface area contributed by atoms with Crippen molar-refractivity contribution in [2.45, 2.75) is 110 Å². The standard InChI is InChI=1S/C21H43N/c1-3-5-7-9-11-13-16-21-17-15-19-22(20-21)18-14-12-10-8-6-4-2/h21H,3-20H2,1-2H3. The van der Waals surface area contributed by atoms with E-state index in [1.54, 1.807) is 0 Å². The third-order valence-corrected chi connectivity index (χ3v) is 5.40. The van der Waals surface area contributed by atoms with E-state index in [0.717, 1.165) is 5.92 Å². The molecule has 1 fully saturated rings. The fourth-order valence-corrected chi connectivity index (χ4v) is 3.92. The quantitative estimate of drug-likeness (QED) is 0.319. The first-order valence-electron chi connectivity index (χ1n) is 10.6. The molecule has 0 aromatic rings. The van der Waals surface area contributed by atoms with Crippen LogP contribution in [0.2, 0.25) is 0 Å². The van der Waals surface area contributed by atoms with Gasteiger partial charge in [0.25, 0.3) is 0 Å². The number of rotatable bonds is 14. The average molecular weight is 310 g/mol. The van der Waals surface area contributed by atoms with Gasteiger partial charge in [0, 0.05) is 6.54 Å². The highest BCUT2D eigenvalue weighted by atomic mass is 15.1. The Bertz CT molecular complexity index is 204. The number of hydrogen-bond acceptors (Lipinski definition) is 1. The van der Waals surface area contributed by atoms with Gasteiger partial charge in [0.15, 0.2) is 0 Å². The summed E-state index contributed by atoms with van der Waals surface area (Å²) in [6, 6.07) is 0. The summed E-state index contributed by atoms with van der Waals surface area (Å²) in [7, 11) is 0. The summed E-state index contributed by atoms with van der Waals surface area (Å²) >= 11 is 0. The van der Waals surface area contributed by atoms with Crippen LogP contribution in [0.5, 0.6) is 0 Å². The van der Waals surface area contributed by atoms with Gasteiger partial charge in [0.2, 0.25) is 0 Å². The summed E-state index contributed by atoms with van der Waals surface area (Å²) in [6.07, 6.45) is 21.8. The molecule has 1 nitrogen and oxygen atoms in total. The number of nitrogens with zero attached hydrogens (tertiary/aromatic N) is 1. The second-order valence-electron chi connectivity index (χ2n) is 7.63. The Morgan fingerprint density at radius 1 is 0.727 bits per heavy atom. The minimum atomic E-state index is 1.01. The molecule has 0 saturated carbocycles. The minimum absolute atomic E-state index is 1.01. The molecular weight excluding hydrogens is 266 g/mol. The molecule has 1 atom stereocenters. The molecule has 1 rings (SSSR count). The smallest absolute Gasteiger partial charge is 0.000966 e. The summed E-state index contributed by atoms with van der Waals surface area (Å²) in [6.45, 7) is 8.77. The third kappa shape index (κ3) is 10.6. The zero-order chi connectivity index (χ0) is 15.9. The van der Waals surface area contributed by atoms with Crippen molar-refractivity contribution in [3.8, 4) is 0 Å². The topological polar surface area (TPSA) is 3.24 Å². The van der Waals surface area contributed by atoms with Gasteiger partial charge in [-0.1, -0.05) is 84.5 Å². The summed E-state index contributed by atoms with van der Waals surface area (Å²) < 4.78 is 0. The first-order valence-corrected chi connectivity index (χ1v) is 10.6. The lowest BCUT2D eigenvalue weighted by atomic mass is 9.92. The van der Waals surface area contributed by atoms with Crippen LogP contribution in [0.4, 0.5) is 0 Å². The van der Waals surface area contributed by atoms with Crippen LogP contribution in [0, 0.1) is 5.92 Å². The van der Waals surface area contributed by atoms with Crippen molar-refractivity contribution < 1.29 is 0 Å². The van der Waals surface area contributed by atoms with Crippen LogP contribution in [0.15, 0.2) is 0 Å². The largest absolute Gasteiger partial charge is 0.303 e. The number of piperidine rings is 1. The van der Waals surface area contributed by atoms with E-state index >= 15 is 0 Å². The van der Waals surface area contributed by atoms with Crippen molar-refractivity contribution >= 4 is 0 Å². The molecule has 0 N–H and O–H groups in total. The Hall–Kier alpha value is -0.0400. The van der Waals surface area contributed by atoms with Gasteiger partial charge in [-0.15, -0.1) is 0 Å². The van der Waals surface area contributed by atoms with Gasteiger partial charge in [0.1, 0.15) is 0 Å². The molecule has 0 bridgehead atoms. The van der Waals surface area contributed by atoms with E-state index < -0.39 is 0 Å². The molecule has 0 aliphatic carbocycles. The van der Waals surface area contributed by atoms with Crippen LogP contribution in [0.25, 0.3) is 0 Å². The van der Waals surface area contributed by atoms with E-state index in [0.29, 0.717) is 0 Å². The molecule has 1 unspecified atom stereocenters. The van der Waals surface area contributed by atoms with E-state index in [2.05, 4.69) is 18.7 Å². The molecule has 1 heterocycles. The first-order chi connectivity index (χ1) is 10.9. The van der Waals surface area contributed by atoms with Crippen LogP contribution in [0.3, 0.4) is 0 Å². The maximum absolute atomic E-state index is 2.77. The van der Waals surface area contributed by atoms with Crippen molar-refractivity contribution in [2.75, 3.05) is 19.6 Å². The van der Waals surface area contributed by atoms with Gasteiger partial charge in [-0.3, -0.25) is 0 Å². The van der Waals surface area contributed by atoms with Crippen molar-refractivity contribution in [2.24, 2.45) is 5.92 Å². The van der Waals surface area contributed by atoms with Crippen molar-refractivity contribution in [3.05, 3.63) is 0 Å². The maximum Gasteiger partial charge on any atom is 0.000966 e. The van der Waals surface area contributed by atoms with Gasteiger partial charge in [-0.25, -0.2) is 0 Å². The predicted octanol–water partition coefficient (Wildman–Crippen LogP) is 6.81. The maximum atomic E-state index is 2.77. The SMILES string of the molecule is CCCCCCCCC1CCCN(CCCCCCCC)C1. The number of hydrogen-bond donors (Lipinski definition) is 0. The fourth-order valence-electron chi connectivity index (χ4n) is 3.92. The second-order valence-corrected chi connectivity index (χ2v) is 7.63. The molecule has 0 spiro atoms. The molecule has 1 saturated heterocycles. The molecule has 132 valence electrons. The van der Waals surface area contributed by atoms with E-state index in [1.165, 1.54) is 116 Å². The Kier molecular flexibility index (Phi) is 13.2. The number of unbranched alkanes of at least 4 members (excludes halogenated alkanes) is 10. The Labute approximate surface area is 141 Å². The van der Waals surface area contributed by atoms with E-state index in [4.69, 9.17) is 0 Å². The highest BCUT2D eigenvalue weighted by Crippen LogP contribution is 2.23. The summed E-state index contributed by atoms with van der Waals surface area (Å²) in [5.41, 5.74) is 0. The highest BCUT2D eigenvalue weighted by molar-refractivity contribution is 4.73. The molecule has 0 amide bonds. The second kappa shape index (κ2) is 14.5. The van der Waals surface area contributed by atoms with Crippen LogP contribution in [-0.2, 0) is 0 Å².